The summed E-state index contributed by atoms with van der Waals surface area (Å²) in [6, 6.07) is -0.0185. The topological polar surface area (TPSA) is 29.5 Å². The average molecular weight is 161 g/mol. The quantitative estimate of drug-likeness (QED) is 0.512. The van der Waals surface area contributed by atoms with Crippen LogP contribution in [0.25, 0.3) is 0 Å². The van der Waals surface area contributed by atoms with E-state index in [0.29, 0.717) is 0 Å². The monoisotopic (exact) mass is 161 g/mol. The molecule has 0 spiro atoms. The Morgan fingerprint density at radius 3 is 2.90 bits per heavy atom. The molecule has 1 saturated heterocycles. The number of likely N-dealkylation sites (N-methyl/N-ethyl adjacent to an activating group) is 1. The van der Waals surface area contributed by atoms with Gasteiger partial charge in [0.15, 0.2) is 0 Å². The second-order valence-corrected chi connectivity index (χ2v) is 3.30. The summed E-state index contributed by atoms with van der Waals surface area (Å²) in [7, 11) is 3.36. The van der Waals surface area contributed by atoms with E-state index in [1.165, 1.54) is 7.11 Å². The number of carbonyl (C=O) groups excluding carboxylic acids is 1. The summed E-state index contributed by atoms with van der Waals surface area (Å²) in [6.07, 6.45) is 0. The molecule has 1 atom stereocenters. The third kappa shape index (κ3) is 1.44. The molecule has 1 aliphatic heterocycles. The number of rotatable bonds is 1. The lowest BCUT2D eigenvalue weighted by Gasteiger charge is -2.14. The van der Waals surface area contributed by atoms with E-state index < -0.39 is 0 Å². The lowest BCUT2D eigenvalue weighted by atomic mass is 10.3. The maximum atomic E-state index is 10.9. The summed E-state index contributed by atoms with van der Waals surface area (Å²) in [4.78, 5) is 12.9. The van der Waals surface area contributed by atoms with E-state index in [9.17, 15) is 4.79 Å². The molecule has 0 amide bonds. The van der Waals surface area contributed by atoms with Crippen molar-refractivity contribution in [3.8, 4) is 0 Å². The molecule has 0 unspecified atom stereocenters. The second kappa shape index (κ2) is 3.25. The lowest BCUT2D eigenvalue weighted by molar-refractivity contribution is -0.144. The Morgan fingerprint density at radius 1 is 1.80 bits per heavy atom. The van der Waals surface area contributed by atoms with Crippen LogP contribution in [0.2, 0.25) is 0 Å². The van der Waals surface area contributed by atoms with Crippen molar-refractivity contribution in [1.82, 2.24) is 4.90 Å². The van der Waals surface area contributed by atoms with Gasteiger partial charge in [0.05, 0.1) is 7.11 Å². The van der Waals surface area contributed by atoms with Gasteiger partial charge >= 0.3 is 5.97 Å². The van der Waals surface area contributed by atoms with Crippen molar-refractivity contribution in [1.29, 1.82) is 0 Å². The minimum absolute atomic E-state index is 0.0185. The first-order chi connectivity index (χ1) is 4.75. The van der Waals surface area contributed by atoms with Gasteiger partial charge in [-0.1, -0.05) is 0 Å². The van der Waals surface area contributed by atoms with Crippen LogP contribution in [-0.4, -0.2) is 42.7 Å². The first-order valence-electron chi connectivity index (χ1n) is 3.11. The van der Waals surface area contributed by atoms with E-state index in [2.05, 4.69) is 4.74 Å². The van der Waals surface area contributed by atoms with Crippen LogP contribution in [0.15, 0.2) is 0 Å². The van der Waals surface area contributed by atoms with E-state index in [4.69, 9.17) is 0 Å². The van der Waals surface area contributed by atoms with E-state index in [1.54, 1.807) is 11.8 Å². The summed E-state index contributed by atoms with van der Waals surface area (Å²) < 4.78 is 4.61. The number of hydrogen-bond donors (Lipinski definition) is 0. The third-order valence-electron chi connectivity index (χ3n) is 1.58. The molecule has 1 heterocycles. The fourth-order valence-electron chi connectivity index (χ4n) is 0.910. The lowest BCUT2D eigenvalue weighted by Crippen LogP contribution is -2.35. The van der Waals surface area contributed by atoms with Crippen LogP contribution < -0.4 is 0 Å². The molecular formula is C6H11NO2S. The van der Waals surface area contributed by atoms with Gasteiger partial charge in [-0.25, -0.2) is 0 Å². The highest BCUT2D eigenvalue weighted by molar-refractivity contribution is 7.99. The van der Waals surface area contributed by atoms with Gasteiger partial charge in [0.2, 0.25) is 0 Å². The Balaban J connectivity index is 2.46. The Morgan fingerprint density at radius 2 is 2.50 bits per heavy atom. The number of methoxy groups -OCH3 is 1. The van der Waals surface area contributed by atoms with Gasteiger partial charge in [0, 0.05) is 11.6 Å². The fourth-order valence-corrected chi connectivity index (χ4v) is 2.10. The van der Waals surface area contributed by atoms with Gasteiger partial charge in [-0.3, -0.25) is 9.69 Å². The molecule has 10 heavy (non-hydrogen) atoms. The molecule has 0 radical (unpaired) electrons. The van der Waals surface area contributed by atoms with Crippen molar-refractivity contribution in [2.45, 2.75) is 6.04 Å². The van der Waals surface area contributed by atoms with Gasteiger partial charge < -0.3 is 4.74 Å². The second-order valence-electron chi connectivity index (χ2n) is 2.30. The zero-order valence-corrected chi connectivity index (χ0v) is 6.98. The molecule has 0 bridgehead atoms. The first kappa shape index (κ1) is 7.88. The third-order valence-corrected chi connectivity index (χ3v) is 2.72. The van der Waals surface area contributed by atoms with Crippen molar-refractivity contribution in [3.63, 3.8) is 0 Å². The number of hydrogen-bond acceptors (Lipinski definition) is 4. The maximum absolute atomic E-state index is 10.9. The van der Waals surface area contributed by atoms with E-state index in [0.717, 1.165) is 11.6 Å². The van der Waals surface area contributed by atoms with Crippen molar-refractivity contribution in [2.24, 2.45) is 0 Å². The highest BCUT2D eigenvalue weighted by Crippen LogP contribution is 2.18. The van der Waals surface area contributed by atoms with Gasteiger partial charge in [0.25, 0.3) is 0 Å². The molecule has 0 aromatic rings. The molecular weight excluding hydrogens is 150 g/mol. The van der Waals surface area contributed by atoms with Crippen LogP contribution in [-0.2, 0) is 9.53 Å². The molecule has 4 heteroatoms. The standard InChI is InChI=1S/C6H11NO2S/c1-7-4-10-3-5(7)6(8)9-2/h5H,3-4H2,1-2H3/t5-/m0/s1. The van der Waals surface area contributed by atoms with Crippen molar-refractivity contribution in [3.05, 3.63) is 0 Å². The molecule has 0 saturated carbocycles. The van der Waals surface area contributed by atoms with Gasteiger partial charge in [0.1, 0.15) is 6.04 Å². The van der Waals surface area contributed by atoms with Crippen molar-refractivity contribution >= 4 is 17.7 Å². The Bertz CT molecular complexity index is 140. The van der Waals surface area contributed by atoms with Crippen LogP contribution in [0.3, 0.4) is 0 Å². The predicted molar refractivity (Wildman–Crippen MR) is 40.9 cm³/mol. The van der Waals surface area contributed by atoms with Crippen LogP contribution >= 0.6 is 11.8 Å². The zero-order chi connectivity index (χ0) is 7.56. The Hall–Kier alpha value is -0.220. The zero-order valence-electron chi connectivity index (χ0n) is 6.16. The number of thioether (sulfide) groups is 1. The molecule has 0 aromatic carbocycles. The first-order valence-corrected chi connectivity index (χ1v) is 4.27. The minimum atomic E-state index is -0.118. The SMILES string of the molecule is COC(=O)[C@@H]1CSCN1C. The number of nitrogens with zero attached hydrogens (tertiary/aromatic N) is 1. The smallest absolute Gasteiger partial charge is 0.323 e. The molecule has 1 aliphatic rings. The highest BCUT2D eigenvalue weighted by Gasteiger charge is 2.28. The molecule has 0 aliphatic carbocycles. The van der Waals surface area contributed by atoms with Gasteiger partial charge in [-0.05, 0) is 7.05 Å². The Kier molecular flexibility index (Phi) is 2.56. The van der Waals surface area contributed by atoms with E-state index in [-0.39, 0.29) is 12.0 Å². The van der Waals surface area contributed by atoms with Crippen LogP contribution in [0.5, 0.6) is 0 Å². The van der Waals surface area contributed by atoms with Crippen LogP contribution in [0.4, 0.5) is 0 Å². The highest BCUT2D eigenvalue weighted by atomic mass is 32.2. The molecule has 0 aromatic heterocycles. The Labute approximate surface area is 64.7 Å². The summed E-state index contributed by atoms with van der Waals surface area (Å²) in [6.45, 7) is 0. The predicted octanol–water partition coefficient (Wildman–Crippen LogP) is 0.164. The fraction of sp³-hybridized carbons (Fsp3) is 0.833. The number of carbonyl (C=O) groups is 1. The van der Waals surface area contributed by atoms with Crippen molar-refractivity contribution in [2.75, 3.05) is 25.8 Å². The minimum Gasteiger partial charge on any atom is -0.468 e. The largest absolute Gasteiger partial charge is 0.468 e. The normalized spacial score (nSPS) is 26.8. The van der Waals surface area contributed by atoms with Crippen LogP contribution in [0, 0.1) is 0 Å². The van der Waals surface area contributed by atoms with E-state index in [1.807, 2.05) is 11.9 Å². The number of esters is 1. The maximum Gasteiger partial charge on any atom is 0.323 e. The number of ether oxygens (including phenoxy) is 1. The summed E-state index contributed by atoms with van der Waals surface area (Å²) in [5.41, 5.74) is 0. The van der Waals surface area contributed by atoms with Gasteiger partial charge in [-0.15, -0.1) is 11.8 Å². The summed E-state index contributed by atoms with van der Waals surface area (Å²) >= 11 is 1.76. The van der Waals surface area contributed by atoms with E-state index >= 15 is 0 Å². The molecule has 1 fully saturated rings. The molecule has 0 N–H and O–H groups in total. The summed E-state index contributed by atoms with van der Waals surface area (Å²) in [5, 5.41) is 0. The van der Waals surface area contributed by atoms with Gasteiger partial charge in [-0.2, -0.15) is 0 Å². The molecule has 58 valence electrons. The summed E-state index contributed by atoms with van der Waals surface area (Å²) in [5.74, 6) is 1.68. The van der Waals surface area contributed by atoms with Crippen molar-refractivity contribution < 1.29 is 9.53 Å². The molecule has 3 nitrogen and oxygen atoms in total. The van der Waals surface area contributed by atoms with Crippen LogP contribution in [0.1, 0.15) is 0 Å². The average Bonchev–Trinajstić information content (AvgIpc) is 2.34. The molecule has 1 rings (SSSR count).